The summed E-state index contributed by atoms with van der Waals surface area (Å²) in [5, 5.41) is 18.2. The number of hydrogen-bond donors (Lipinski definition) is 3. The highest BCUT2D eigenvalue weighted by atomic mass is 31.1. The van der Waals surface area contributed by atoms with E-state index in [1.54, 1.807) is 0 Å². The maximum atomic E-state index is 8.97. The molecule has 0 aromatic heterocycles. The van der Waals surface area contributed by atoms with Crippen molar-refractivity contribution < 1.29 is 15.1 Å². The average Bonchev–Trinajstić information content (AvgIpc) is 1.94. The Morgan fingerprint density at radius 1 is 1.20 bits per heavy atom. The zero-order valence-electron chi connectivity index (χ0n) is 5.07. The van der Waals surface area contributed by atoms with Gasteiger partial charge in [0, 0.05) is 14.1 Å². The van der Waals surface area contributed by atoms with Crippen LogP contribution >= 0.6 is 8.81 Å². The first-order valence-corrected chi connectivity index (χ1v) is 3.61. The monoisotopic (exact) mass is 158 g/mol. The predicted octanol–water partition coefficient (Wildman–Crippen LogP) is 0.309. The molecule has 0 saturated carbocycles. The minimum absolute atomic E-state index is 0.0126. The Hall–Kier alpha value is -0.790. The first-order valence-electron chi connectivity index (χ1n) is 2.66. The van der Waals surface area contributed by atoms with Crippen LogP contribution < -0.4 is 5.30 Å². The van der Waals surface area contributed by atoms with E-state index in [1.807, 2.05) is 0 Å². The molecule has 1 unspecified atom stereocenters. The summed E-state index contributed by atoms with van der Waals surface area (Å²) in [5.74, 6) is 0.0629. The van der Waals surface area contributed by atoms with Crippen molar-refractivity contribution in [2.75, 3.05) is 0 Å². The van der Waals surface area contributed by atoms with E-state index in [2.05, 4.69) is 0 Å². The van der Waals surface area contributed by atoms with Crippen molar-refractivity contribution in [2.24, 2.45) is 0 Å². The molecule has 1 rings (SSSR count). The van der Waals surface area contributed by atoms with Crippen LogP contribution in [-0.4, -0.2) is 15.1 Å². The average molecular weight is 158 g/mol. The first-order chi connectivity index (χ1) is 4.74. The molecule has 0 bridgehead atoms. The molecule has 0 fully saturated rings. The molecule has 0 saturated heterocycles. The van der Waals surface area contributed by atoms with Crippen molar-refractivity contribution >= 4 is 14.1 Å². The Labute approximate surface area is 59.8 Å². The van der Waals surface area contributed by atoms with Crippen LogP contribution in [0.15, 0.2) is 18.2 Å². The third kappa shape index (κ3) is 1.38. The Kier molecular flexibility index (Phi) is 2.10. The predicted molar refractivity (Wildman–Crippen MR) is 39.9 cm³/mol. The third-order valence-electron chi connectivity index (χ3n) is 1.10. The van der Waals surface area contributed by atoms with E-state index in [0.29, 0.717) is 5.30 Å². The van der Waals surface area contributed by atoms with Gasteiger partial charge in [0.25, 0.3) is 0 Å². The molecular formula is C6H7O3P. The highest BCUT2D eigenvalue weighted by Crippen LogP contribution is 2.18. The van der Waals surface area contributed by atoms with Gasteiger partial charge < -0.3 is 15.1 Å². The fraction of sp³-hybridized carbons (Fsp3) is 0. The zero-order valence-corrected chi connectivity index (χ0v) is 6.07. The van der Waals surface area contributed by atoms with Crippen LogP contribution in [0.3, 0.4) is 0 Å². The summed E-state index contributed by atoms with van der Waals surface area (Å²) in [6.45, 7) is 0. The van der Waals surface area contributed by atoms with Crippen LogP contribution in [0.4, 0.5) is 0 Å². The van der Waals surface area contributed by atoms with Crippen molar-refractivity contribution in [2.45, 2.75) is 0 Å². The van der Waals surface area contributed by atoms with Gasteiger partial charge >= 0.3 is 0 Å². The number of rotatable bonds is 1. The fourth-order valence-corrected chi connectivity index (χ4v) is 1.02. The van der Waals surface area contributed by atoms with Crippen LogP contribution in [0.2, 0.25) is 0 Å². The van der Waals surface area contributed by atoms with Gasteiger partial charge in [-0.15, -0.1) is 0 Å². The first kappa shape index (κ1) is 7.32. The van der Waals surface area contributed by atoms with E-state index < -0.39 is 8.81 Å². The molecule has 0 spiro atoms. The molecule has 0 heterocycles. The van der Waals surface area contributed by atoms with Gasteiger partial charge in [-0.25, -0.2) is 0 Å². The molecule has 0 amide bonds. The molecule has 1 aromatic rings. The van der Waals surface area contributed by atoms with Gasteiger partial charge in [-0.1, -0.05) is 0 Å². The molecule has 0 aliphatic rings. The Bertz CT molecular complexity index is 236. The fourth-order valence-electron chi connectivity index (χ4n) is 0.614. The van der Waals surface area contributed by atoms with Crippen LogP contribution in [0.25, 0.3) is 0 Å². The molecule has 1 aromatic carbocycles. The van der Waals surface area contributed by atoms with Gasteiger partial charge in [0.1, 0.15) is 11.5 Å². The standard InChI is InChI=1S/C6H7O3P/c7-4-1-2-5(8)6(3-4)10-9/h1-3,7-10H. The van der Waals surface area contributed by atoms with Crippen molar-refractivity contribution in [1.29, 1.82) is 0 Å². The molecule has 10 heavy (non-hydrogen) atoms. The number of phenols is 2. The van der Waals surface area contributed by atoms with Crippen molar-refractivity contribution in [3.8, 4) is 11.5 Å². The maximum absolute atomic E-state index is 8.97. The lowest BCUT2D eigenvalue weighted by Crippen LogP contribution is -1.92. The van der Waals surface area contributed by atoms with Gasteiger partial charge in [-0.2, -0.15) is 0 Å². The van der Waals surface area contributed by atoms with E-state index in [9.17, 15) is 0 Å². The molecule has 0 radical (unpaired) electrons. The molecule has 3 N–H and O–H groups in total. The molecule has 4 heteroatoms. The van der Waals surface area contributed by atoms with Gasteiger partial charge in [0.05, 0.1) is 0 Å². The minimum atomic E-state index is -0.485. The summed E-state index contributed by atoms with van der Waals surface area (Å²) in [6.07, 6.45) is 0. The molecule has 0 aliphatic heterocycles. The number of benzene rings is 1. The van der Waals surface area contributed by atoms with E-state index in [0.717, 1.165) is 0 Å². The lowest BCUT2D eigenvalue weighted by Gasteiger charge is -1.99. The van der Waals surface area contributed by atoms with Gasteiger partial charge in [0.2, 0.25) is 0 Å². The van der Waals surface area contributed by atoms with E-state index >= 15 is 0 Å². The van der Waals surface area contributed by atoms with Gasteiger partial charge in [0.15, 0.2) is 0 Å². The second kappa shape index (κ2) is 2.86. The van der Waals surface area contributed by atoms with Gasteiger partial charge in [-0.3, -0.25) is 0 Å². The third-order valence-corrected chi connectivity index (χ3v) is 1.74. The highest BCUT2D eigenvalue weighted by Gasteiger charge is 1.99. The Morgan fingerprint density at radius 2 is 1.90 bits per heavy atom. The van der Waals surface area contributed by atoms with E-state index in [1.165, 1.54) is 18.2 Å². The largest absolute Gasteiger partial charge is 0.508 e. The number of phenolic OH excluding ortho intramolecular Hbond substituents is 2. The Balaban J connectivity index is 3.09. The van der Waals surface area contributed by atoms with Crippen molar-refractivity contribution in [3.63, 3.8) is 0 Å². The molecule has 0 aliphatic carbocycles. The summed E-state index contributed by atoms with van der Waals surface area (Å²) in [5.41, 5.74) is 0. The van der Waals surface area contributed by atoms with Crippen LogP contribution in [-0.2, 0) is 0 Å². The van der Waals surface area contributed by atoms with E-state index in [-0.39, 0.29) is 11.5 Å². The second-order valence-electron chi connectivity index (χ2n) is 1.81. The second-order valence-corrected chi connectivity index (χ2v) is 2.58. The van der Waals surface area contributed by atoms with Crippen molar-refractivity contribution in [3.05, 3.63) is 18.2 Å². The molecular weight excluding hydrogens is 151 g/mol. The lowest BCUT2D eigenvalue weighted by molar-refractivity contribution is 0.463. The summed E-state index contributed by atoms with van der Waals surface area (Å²) >= 11 is 0. The maximum Gasteiger partial charge on any atom is 0.125 e. The zero-order chi connectivity index (χ0) is 7.56. The lowest BCUT2D eigenvalue weighted by atomic mass is 10.3. The van der Waals surface area contributed by atoms with E-state index in [4.69, 9.17) is 15.1 Å². The topological polar surface area (TPSA) is 60.7 Å². The minimum Gasteiger partial charge on any atom is -0.508 e. The molecule has 54 valence electrons. The SMILES string of the molecule is OPc1cc(O)ccc1O. The summed E-state index contributed by atoms with van der Waals surface area (Å²) in [7, 11) is -0.485. The van der Waals surface area contributed by atoms with Crippen LogP contribution in [0.5, 0.6) is 11.5 Å². The number of aromatic hydroxyl groups is 2. The summed E-state index contributed by atoms with van der Waals surface area (Å²) in [6, 6.07) is 4.03. The summed E-state index contributed by atoms with van der Waals surface area (Å²) in [4.78, 5) is 8.60. The Morgan fingerprint density at radius 3 is 2.40 bits per heavy atom. The molecule has 1 atom stereocenters. The number of hydrogen-bond acceptors (Lipinski definition) is 3. The molecule has 3 nitrogen and oxygen atoms in total. The highest BCUT2D eigenvalue weighted by molar-refractivity contribution is 7.41. The van der Waals surface area contributed by atoms with Crippen LogP contribution in [0, 0.1) is 0 Å². The normalized spacial score (nSPS) is 10.9. The quantitative estimate of drug-likeness (QED) is 0.407. The summed E-state index contributed by atoms with van der Waals surface area (Å²) < 4.78 is 0. The smallest absolute Gasteiger partial charge is 0.125 e. The van der Waals surface area contributed by atoms with Crippen LogP contribution in [0.1, 0.15) is 0 Å². The van der Waals surface area contributed by atoms with Crippen molar-refractivity contribution in [1.82, 2.24) is 0 Å². The van der Waals surface area contributed by atoms with Gasteiger partial charge in [-0.05, 0) is 18.2 Å².